The van der Waals surface area contributed by atoms with Gasteiger partial charge < -0.3 is 9.64 Å². The second-order valence-corrected chi connectivity index (χ2v) is 11.9. The predicted molar refractivity (Wildman–Crippen MR) is 160 cm³/mol. The van der Waals surface area contributed by atoms with Crippen LogP contribution in [0.1, 0.15) is 46.1 Å². The fraction of sp³-hybridized carbons (Fsp3) is 0.222. The molecule has 0 unspecified atom stereocenters. The van der Waals surface area contributed by atoms with Gasteiger partial charge >= 0.3 is 5.97 Å². The van der Waals surface area contributed by atoms with Crippen molar-refractivity contribution < 1.29 is 23.9 Å². The van der Waals surface area contributed by atoms with E-state index < -0.39 is 23.7 Å². The molecule has 4 aromatic carbocycles. The van der Waals surface area contributed by atoms with Gasteiger partial charge in [-0.2, -0.15) is 0 Å². The molecule has 0 N–H and O–H groups in total. The van der Waals surface area contributed by atoms with Gasteiger partial charge in [-0.3, -0.25) is 19.2 Å². The molecule has 43 heavy (non-hydrogen) atoms. The lowest BCUT2D eigenvalue weighted by Gasteiger charge is -2.45. The number of hydrogen-bond acceptors (Lipinski definition) is 5. The van der Waals surface area contributed by atoms with Gasteiger partial charge in [0.25, 0.3) is 0 Å². The Morgan fingerprint density at radius 1 is 0.674 bits per heavy atom. The van der Waals surface area contributed by atoms with Crippen LogP contribution in [0.25, 0.3) is 0 Å². The van der Waals surface area contributed by atoms with Crippen molar-refractivity contribution in [2.45, 2.75) is 25.2 Å². The molecule has 7 nitrogen and oxygen atoms in total. The maximum atomic E-state index is 14.0. The van der Waals surface area contributed by atoms with Crippen LogP contribution in [0, 0.1) is 24.7 Å². The highest BCUT2D eigenvalue weighted by Gasteiger charge is 2.61. The summed E-state index contributed by atoms with van der Waals surface area (Å²) in [5.74, 6) is -2.54. The van der Waals surface area contributed by atoms with E-state index in [-0.39, 0.29) is 42.5 Å². The topological polar surface area (TPSA) is 84.0 Å². The van der Waals surface area contributed by atoms with Gasteiger partial charge in [0, 0.05) is 30.5 Å². The summed E-state index contributed by atoms with van der Waals surface area (Å²) in [5, 5.41) is 0. The Balaban J connectivity index is 1.02. The number of benzene rings is 4. The standard InChI is InChI=1S/C36H28N2O5/c1-20-10-12-22(13-11-20)37-19-21(18-29(37)39)36(42)43-24-16-14-23(15-17-24)38-34(40)32-30-25-6-2-3-7-26(25)31(33(32)35(38)41)28-9-5-4-8-27(28)30/h2-17,21,30-33H,18-19H2,1H3/t21-,30?,31?,32-,33+/m0/s1. The molecule has 212 valence electrons. The zero-order chi connectivity index (χ0) is 29.4. The number of imide groups is 1. The van der Waals surface area contributed by atoms with Crippen molar-refractivity contribution in [1.82, 2.24) is 0 Å². The number of anilines is 2. The van der Waals surface area contributed by atoms with Crippen molar-refractivity contribution >= 4 is 35.1 Å². The van der Waals surface area contributed by atoms with Crippen LogP contribution in [0.3, 0.4) is 0 Å². The summed E-state index contributed by atoms with van der Waals surface area (Å²) >= 11 is 0. The third-order valence-corrected chi connectivity index (χ3v) is 9.57. The Bertz CT molecular complexity index is 1710. The van der Waals surface area contributed by atoms with Crippen LogP contribution in [-0.2, 0) is 19.2 Å². The van der Waals surface area contributed by atoms with Crippen molar-refractivity contribution in [3.63, 3.8) is 0 Å². The van der Waals surface area contributed by atoms with Crippen molar-refractivity contribution in [2.75, 3.05) is 16.3 Å². The Hall–Kier alpha value is -5.04. The average molecular weight is 569 g/mol. The van der Waals surface area contributed by atoms with Crippen LogP contribution in [-0.4, -0.2) is 30.2 Å². The van der Waals surface area contributed by atoms with Crippen LogP contribution in [0.4, 0.5) is 11.4 Å². The molecule has 2 fully saturated rings. The van der Waals surface area contributed by atoms with Gasteiger partial charge in [-0.15, -0.1) is 0 Å². The van der Waals surface area contributed by atoms with E-state index in [9.17, 15) is 19.2 Å². The van der Waals surface area contributed by atoms with Gasteiger partial charge in [0.05, 0.1) is 23.4 Å². The number of nitrogens with zero attached hydrogens (tertiary/aromatic N) is 2. The van der Waals surface area contributed by atoms with Crippen LogP contribution in [0.2, 0.25) is 0 Å². The summed E-state index contributed by atoms with van der Waals surface area (Å²) in [4.78, 5) is 56.5. The molecule has 4 aromatic rings. The summed E-state index contributed by atoms with van der Waals surface area (Å²) < 4.78 is 5.64. The SMILES string of the molecule is Cc1ccc(N2C[C@@H](C(=O)Oc3ccc(N4C(=O)[C@@H]5C6c7ccccc7C(c7ccccc76)[C@@H]5C4=O)cc3)CC2=O)cc1. The lowest BCUT2D eigenvalue weighted by Crippen LogP contribution is -2.41. The van der Waals surface area contributed by atoms with Crippen LogP contribution >= 0.6 is 0 Å². The van der Waals surface area contributed by atoms with E-state index in [0.29, 0.717) is 11.4 Å². The van der Waals surface area contributed by atoms with Crippen LogP contribution < -0.4 is 14.5 Å². The van der Waals surface area contributed by atoms with E-state index in [0.717, 1.165) is 33.5 Å². The van der Waals surface area contributed by atoms with E-state index in [1.165, 1.54) is 4.90 Å². The first-order chi connectivity index (χ1) is 20.9. The molecule has 0 spiro atoms. The minimum Gasteiger partial charge on any atom is -0.426 e. The third kappa shape index (κ3) is 3.80. The summed E-state index contributed by atoms with van der Waals surface area (Å²) in [6.45, 7) is 2.23. The molecule has 2 heterocycles. The predicted octanol–water partition coefficient (Wildman–Crippen LogP) is 5.35. The molecule has 9 rings (SSSR count). The smallest absolute Gasteiger partial charge is 0.316 e. The molecule has 2 aliphatic heterocycles. The van der Waals surface area contributed by atoms with Crippen molar-refractivity contribution in [3.05, 3.63) is 125 Å². The number of rotatable bonds is 4. The van der Waals surface area contributed by atoms with E-state index >= 15 is 0 Å². The lowest BCUT2D eigenvalue weighted by atomic mass is 9.55. The van der Waals surface area contributed by atoms with Crippen molar-refractivity contribution in [3.8, 4) is 5.75 Å². The first kappa shape index (κ1) is 25.7. The third-order valence-electron chi connectivity index (χ3n) is 9.57. The van der Waals surface area contributed by atoms with Gasteiger partial charge in [-0.05, 0) is 65.6 Å². The molecule has 2 bridgehead atoms. The van der Waals surface area contributed by atoms with Gasteiger partial charge in [-0.25, -0.2) is 4.90 Å². The Kier molecular flexibility index (Phi) is 5.66. The molecule has 3 aliphatic carbocycles. The highest BCUT2D eigenvalue weighted by Crippen LogP contribution is 2.61. The largest absolute Gasteiger partial charge is 0.426 e. The van der Waals surface area contributed by atoms with Gasteiger partial charge in [0.1, 0.15) is 5.75 Å². The molecule has 3 atom stereocenters. The minimum absolute atomic E-state index is 0.0808. The number of ether oxygens (including phenoxy) is 1. The Morgan fingerprint density at radius 3 is 1.67 bits per heavy atom. The van der Waals surface area contributed by atoms with Crippen molar-refractivity contribution in [1.29, 1.82) is 0 Å². The fourth-order valence-corrected chi connectivity index (χ4v) is 7.63. The van der Waals surface area contributed by atoms with E-state index in [4.69, 9.17) is 4.74 Å². The quantitative estimate of drug-likeness (QED) is 0.188. The van der Waals surface area contributed by atoms with E-state index in [1.807, 2.05) is 55.5 Å². The molecule has 0 radical (unpaired) electrons. The molecular formula is C36H28N2O5. The number of amides is 3. The average Bonchev–Trinajstić information content (AvgIpc) is 3.55. The highest BCUT2D eigenvalue weighted by atomic mass is 16.5. The second-order valence-electron chi connectivity index (χ2n) is 11.9. The monoisotopic (exact) mass is 568 g/mol. The zero-order valence-electron chi connectivity index (χ0n) is 23.5. The van der Waals surface area contributed by atoms with Crippen LogP contribution in [0.5, 0.6) is 5.75 Å². The van der Waals surface area contributed by atoms with Gasteiger partial charge in [0.2, 0.25) is 17.7 Å². The maximum absolute atomic E-state index is 14.0. The molecule has 0 saturated carbocycles. The van der Waals surface area contributed by atoms with Crippen molar-refractivity contribution in [2.24, 2.45) is 17.8 Å². The number of hydrogen-bond donors (Lipinski definition) is 0. The van der Waals surface area contributed by atoms with Gasteiger partial charge in [0.15, 0.2) is 0 Å². The van der Waals surface area contributed by atoms with E-state index in [2.05, 4.69) is 24.3 Å². The fourth-order valence-electron chi connectivity index (χ4n) is 7.63. The molecule has 3 amide bonds. The number of carbonyl (C=O) groups excluding carboxylic acids is 4. The molecule has 5 aliphatic rings. The maximum Gasteiger partial charge on any atom is 0.316 e. The van der Waals surface area contributed by atoms with Gasteiger partial charge in [-0.1, -0.05) is 66.2 Å². The lowest BCUT2D eigenvalue weighted by molar-refractivity contribution is -0.139. The Labute approximate surface area is 248 Å². The molecule has 7 heteroatoms. The number of esters is 1. The number of carbonyl (C=O) groups is 4. The number of aryl methyl sites for hydroxylation is 1. The minimum atomic E-state index is -0.586. The normalized spacial score (nSPS) is 25.0. The summed E-state index contributed by atoms with van der Waals surface area (Å²) in [6.07, 6.45) is 0.0808. The zero-order valence-corrected chi connectivity index (χ0v) is 23.5. The molecule has 2 saturated heterocycles. The highest BCUT2D eigenvalue weighted by molar-refractivity contribution is 6.23. The summed E-state index contributed by atoms with van der Waals surface area (Å²) in [5.41, 5.74) is 6.82. The summed E-state index contributed by atoms with van der Waals surface area (Å²) in [6, 6.07) is 30.4. The first-order valence-corrected chi connectivity index (χ1v) is 14.6. The summed E-state index contributed by atoms with van der Waals surface area (Å²) in [7, 11) is 0. The van der Waals surface area contributed by atoms with E-state index in [1.54, 1.807) is 29.2 Å². The molecular weight excluding hydrogens is 540 g/mol. The Morgan fingerprint density at radius 2 is 1.16 bits per heavy atom. The van der Waals surface area contributed by atoms with Crippen LogP contribution in [0.15, 0.2) is 97.1 Å². The first-order valence-electron chi connectivity index (χ1n) is 14.6. The second kappa shape index (κ2) is 9.49. The molecule has 0 aromatic heterocycles.